The van der Waals surface area contributed by atoms with Crippen LogP contribution in [0.1, 0.15) is 11.6 Å². The van der Waals surface area contributed by atoms with E-state index in [2.05, 4.69) is 10.2 Å². The van der Waals surface area contributed by atoms with Crippen molar-refractivity contribution in [3.63, 3.8) is 0 Å². The Hall–Kier alpha value is -3.26. The Morgan fingerprint density at radius 3 is 2.79 bits per heavy atom. The molecule has 28 heavy (non-hydrogen) atoms. The quantitative estimate of drug-likeness (QED) is 0.461. The van der Waals surface area contributed by atoms with Gasteiger partial charge in [0.05, 0.1) is 18.6 Å². The van der Waals surface area contributed by atoms with E-state index >= 15 is 0 Å². The average Bonchev–Trinajstić information content (AvgIpc) is 3.35. The molecule has 0 aliphatic carbocycles. The molecule has 2 N–H and O–H groups in total. The summed E-state index contributed by atoms with van der Waals surface area (Å²) < 4.78 is 13.4. The highest BCUT2D eigenvalue weighted by atomic mass is 32.2. The van der Waals surface area contributed by atoms with Crippen molar-refractivity contribution >= 4 is 28.4 Å². The van der Waals surface area contributed by atoms with Crippen LogP contribution in [-0.2, 0) is 17.9 Å². The Labute approximate surface area is 165 Å². The van der Waals surface area contributed by atoms with E-state index in [4.69, 9.17) is 14.9 Å². The third kappa shape index (κ3) is 4.01. The molecule has 0 bridgehead atoms. The van der Waals surface area contributed by atoms with Gasteiger partial charge >= 0.3 is 0 Å². The number of furan rings is 1. The van der Waals surface area contributed by atoms with Crippen molar-refractivity contribution < 1.29 is 13.9 Å². The molecule has 0 aliphatic heterocycles. The highest BCUT2D eigenvalue weighted by Gasteiger charge is 2.16. The second kappa shape index (κ2) is 8.18. The smallest absolute Gasteiger partial charge is 0.227 e. The first-order valence-corrected chi connectivity index (χ1v) is 9.65. The number of rotatable bonds is 8. The lowest BCUT2D eigenvalue weighted by molar-refractivity contribution is -0.115. The maximum atomic E-state index is 11.1. The van der Waals surface area contributed by atoms with Gasteiger partial charge in [-0.2, -0.15) is 0 Å². The number of fused-ring (bicyclic) bond motifs is 1. The standard InChI is InChI=1S/C20H18N4O3S/c21-18(25)13-28-20-23-22-19(24(20)11-15-7-4-10-26-15)12-27-17-9-3-6-14-5-1-2-8-16(14)17/h1-10H,11-13H2,(H2,21,25). The van der Waals surface area contributed by atoms with Gasteiger partial charge in [0.25, 0.3) is 0 Å². The molecule has 2 aromatic carbocycles. The molecule has 2 heterocycles. The first-order valence-electron chi connectivity index (χ1n) is 8.67. The van der Waals surface area contributed by atoms with Gasteiger partial charge in [-0.3, -0.25) is 9.36 Å². The van der Waals surface area contributed by atoms with Gasteiger partial charge < -0.3 is 14.9 Å². The summed E-state index contributed by atoms with van der Waals surface area (Å²) in [6, 6.07) is 17.7. The SMILES string of the molecule is NC(=O)CSc1nnc(COc2cccc3ccccc23)n1Cc1ccco1. The number of hydrogen-bond acceptors (Lipinski definition) is 6. The lowest BCUT2D eigenvalue weighted by atomic mass is 10.1. The molecule has 0 atom stereocenters. The summed E-state index contributed by atoms with van der Waals surface area (Å²) in [4.78, 5) is 11.1. The molecule has 8 heteroatoms. The molecule has 0 spiro atoms. The second-order valence-electron chi connectivity index (χ2n) is 6.09. The van der Waals surface area contributed by atoms with Crippen LogP contribution in [0.5, 0.6) is 5.75 Å². The lowest BCUT2D eigenvalue weighted by Gasteiger charge is -2.11. The normalized spacial score (nSPS) is 11.0. The number of amides is 1. The number of carbonyl (C=O) groups excluding carboxylic acids is 1. The first kappa shape index (κ1) is 18.1. The van der Waals surface area contributed by atoms with E-state index in [-0.39, 0.29) is 12.4 Å². The highest BCUT2D eigenvalue weighted by molar-refractivity contribution is 7.99. The molecular formula is C20H18N4O3S. The maximum absolute atomic E-state index is 11.1. The summed E-state index contributed by atoms with van der Waals surface area (Å²) in [5.74, 6) is 1.88. The number of hydrogen-bond donors (Lipinski definition) is 1. The van der Waals surface area contributed by atoms with E-state index in [9.17, 15) is 4.79 Å². The number of aromatic nitrogens is 3. The molecule has 0 saturated heterocycles. The molecule has 0 unspecified atom stereocenters. The van der Waals surface area contributed by atoms with Gasteiger partial charge in [-0.15, -0.1) is 10.2 Å². The second-order valence-corrected chi connectivity index (χ2v) is 7.03. The zero-order valence-corrected chi connectivity index (χ0v) is 15.8. The van der Waals surface area contributed by atoms with Crippen LogP contribution >= 0.6 is 11.8 Å². The van der Waals surface area contributed by atoms with Crippen molar-refractivity contribution in [1.82, 2.24) is 14.8 Å². The number of carbonyl (C=O) groups is 1. The van der Waals surface area contributed by atoms with Gasteiger partial charge in [-0.1, -0.05) is 48.2 Å². The minimum atomic E-state index is -0.411. The fraction of sp³-hybridized carbons (Fsp3) is 0.150. The fourth-order valence-electron chi connectivity index (χ4n) is 2.85. The zero-order valence-electron chi connectivity index (χ0n) is 14.9. The van der Waals surface area contributed by atoms with Crippen LogP contribution in [0.3, 0.4) is 0 Å². The summed E-state index contributed by atoms with van der Waals surface area (Å²) in [6.45, 7) is 0.675. The monoisotopic (exact) mass is 394 g/mol. The number of nitrogens with zero attached hydrogens (tertiary/aromatic N) is 3. The van der Waals surface area contributed by atoms with Crippen LogP contribution in [0.15, 0.2) is 70.4 Å². The molecular weight excluding hydrogens is 376 g/mol. The van der Waals surface area contributed by atoms with Crippen LogP contribution < -0.4 is 10.5 Å². The molecule has 0 aliphatic rings. The largest absolute Gasteiger partial charge is 0.485 e. The first-order chi connectivity index (χ1) is 13.7. The predicted molar refractivity (Wildman–Crippen MR) is 106 cm³/mol. The Morgan fingerprint density at radius 2 is 1.96 bits per heavy atom. The van der Waals surface area contributed by atoms with Crippen LogP contribution in [0.4, 0.5) is 0 Å². The maximum Gasteiger partial charge on any atom is 0.227 e. The third-order valence-electron chi connectivity index (χ3n) is 4.14. The van der Waals surface area contributed by atoms with E-state index < -0.39 is 5.91 Å². The van der Waals surface area contributed by atoms with Gasteiger partial charge in [0.2, 0.25) is 5.91 Å². The van der Waals surface area contributed by atoms with Gasteiger partial charge in [0, 0.05) is 5.39 Å². The van der Waals surface area contributed by atoms with Gasteiger partial charge in [-0.25, -0.2) is 0 Å². The number of primary amides is 1. The van der Waals surface area contributed by atoms with Gasteiger partial charge in [-0.05, 0) is 23.6 Å². The average molecular weight is 394 g/mol. The zero-order chi connectivity index (χ0) is 19.3. The van der Waals surface area contributed by atoms with E-state index in [0.717, 1.165) is 22.3 Å². The number of benzene rings is 2. The van der Waals surface area contributed by atoms with Crippen molar-refractivity contribution in [3.05, 3.63) is 72.4 Å². The van der Waals surface area contributed by atoms with Crippen molar-refractivity contribution in [2.24, 2.45) is 5.73 Å². The van der Waals surface area contributed by atoms with Crippen molar-refractivity contribution in [1.29, 1.82) is 0 Å². The minimum absolute atomic E-state index is 0.125. The van der Waals surface area contributed by atoms with E-state index in [1.807, 2.05) is 59.2 Å². The van der Waals surface area contributed by atoms with Crippen molar-refractivity contribution in [2.75, 3.05) is 5.75 Å². The predicted octanol–water partition coefficient (Wildman–Crippen LogP) is 3.23. The topological polar surface area (TPSA) is 96.2 Å². The highest BCUT2D eigenvalue weighted by Crippen LogP contribution is 2.26. The molecule has 7 nitrogen and oxygen atoms in total. The molecule has 2 aromatic heterocycles. The summed E-state index contributed by atoms with van der Waals surface area (Å²) in [6.07, 6.45) is 1.61. The number of nitrogens with two attached hydrogens (primary N) is 1. The molecule has 0 fully saturated rings. The van der Waals surface area contributed by atoms with E-state index in [0.29, 0.717) is 17.5 Å². The van der Waals surface area contributed by atoms with Crippen LogP contribution in [0, 0.1) is 0 Å². The van der Waals surface area contributed by atoms with E-state index in [1.165, 1.54) is 11.8 Å². The Kier molecular flexibility index (Phi) is 5.29. The minimum Gasteiger partial charge on any atom is -0.485 e. The van der Waals surface area contributed by atoms with Crippen LogP contribution in [0.2, 0.25) is 0 Å². The van der Waals surface area contributed by atoms with E-state index in [1.54, 1.807) is 6.26 Å². The summed E-state index contributed by atoms with van der Waals surface area (Å²) in [5.41, 5.74) is 5.26. The Bertz CT molecular complexity index is 1090. The van der Waals surface area contributed by atoms with Gasteiger partial charge in [0.1, 0.15) is 18.1 Å². The molecule has 1 amide bonds. The Morgan fingerprint density at radius 1 is 1.11 bits per heavy atom. The molecule has 0 radical (unpaired) electrons. The fourth-order valence-corrected chi connectivity index (χ4v) is 3.54. The molecule has 142 valence electrons. The number of ether oxygens (including phenoxy) is 1. The van der Waals surface area contributed by atoms with Crippen LogP contribution in [0.25, 0.3) is 10.8 Å². The summed E-state index contributed by atoms with van der Waals surface area (Å²) in [7, 11) is 0. The molecule has 4 rings (SSSR count). The van der Waals surface area contributed by atoms with Crippen molar-refractivity contribution in [3.8, 4) is 5.75 Å². The Balaban J connectivity index is 1.58. The van der Waals surface area contributed by atoms with Crippen LogP contribution in [-0.4, -0.2) is 26.4 Å². The van der Waals surface area contributed by atoms with Crippen molar-refractivity contribution in [2.45, 2.75) is 18.3 Å². The lowest BCUT2D eigenvalue weighted by Crippen LogP contribution is -2.14. The number of thioether (sulfide) groups is 1. The molecule has 4 aromatic rings. The summed E-state index contributed by atoms with van der Waals surface area (Å²) >= 11 is 1.24. The summed E-state index contributed by atoms with van der Waals surface area (Å²) in [5, 5.41) is 11.2. The van der Waals surface area contributed by atoms with Gasteiger partial charge in [0.15, 0.2) is 11.0 Å². The molecule has 0 saturated carbocycles. The third-order valence-corrected chi connectivity index (χ3v) is 5.13.